The van der Waals surface area contributed by atoms with E-state index in [-0.39, 0.29) is 5.91 Å². The Balaban J connectivity index is 2.04. The highest BCUT2D eigenvalue weighted by Crippen LogP contribution is 2.14. The molecule has 0 saturated heterocycles. The molecule has 6 heteroatoms. The van der Waals surface area contributed by atoms with Crippen LogP contribution in [-0.4, -0.2) is 28.1 Å². The molecule has 0 fully saturated rings. The Bertz CT molecular complexity index is 495. The molecular weight excluding hydrogens is 220 g/mol. The molecule has 6 nitrogen and oxygen atoms in total. The third kappa shape index (κ3) is 2.87. The molecule has 0 aliphatic rings. The van der Waals surface area contributed by atoms with Crippen LogP contribution in [0.3, 0.4) is 0 Å². The second-order valence-electron chi connectivity index (χ2n) is 3.42. The van der Waals surface area contributed by atoms with Gasteiger partial charge in [-0.15, -0.1) is 0 Å². The van der Waals surface area contributed by atoms with Crippen LogP contribution in [0.4, 0.5) is 0 Å². The fraction of sp³-hybridized carbons (Fsp3) is 0.273. The number of hydrogen-bond acceptors (Lipinski definition) is 5. The van der Waals surface area contributed by atoms with Crippen molar-refractivity contribution >= 4 is 5.91 Å². The van der Waals surface area contributed by atoms with E-state index in [1.54, 1.807) is 31.6 Å². The van der Waals surface area contributed by atoms with Crippen LogP contribution in [0, 0.1) is 0 Å². The van der Waals surface area contributed by atoms with E-state index in [4.69, 9.17) is 4.52 Å². The predicted molar refractivity (Wildman–Crippen MR) is 59.9 cm³/mol. The summed E-state index contributed by atoms with van der Waals surface area (Å²) >= 11 is 0. The van der Waals surface area contributed by atoms with Crippen molar-refractivity contribution in [2.24, 2.45) is 0 Å². The first-order valence-corrected chi connectivity index (χ1v) is 5.23. The molecule has 1 N–H and O–H groups in total. The Morgan fingerprint density at radius 1 is 1.41 bits per heavy atom. The summed E-state index contributed by atoms with van der Waals surface area (Å²) in [4.78, 5) is 19.2. The van der Waals surface area contributed by atoms with Gasteiger partial charge in [0, 0.05) is 37.8 Å². The number of rotatable bonds is 4. The molecule has 0 spiro atoms. The predicted octanol–water partition coefficient (Wildman–Crippen LogP) is 0.810. The SMILES string of the molecule is CNC(=O)CCc1nc(-c2ccncc2)no1. The Kier molecular flexibility index (Phi) is 3.44. The summed E-state index contributed by atoms with van der Waals surface area (Å²) in [5.41, 5.74) is 0.843. The van der Waals surface area contributed by atoms with Gasteiger partial charge >= 0.3 is 0 Å². The summed E-state index contributed by atoms with van der Waals surface area (Å²) in [5, 5.41) is 6.38. The first-order chi connectivity index (χ1) is 8.29. The largest absolute Gasteiger partial charge is 0.359 e. The van der Waals surface area contributed by atoms with Crippen LogP contribution in [0.25, 0.3) is 11.4 Å². The number of hydrogen-bond donors (Lipinski definition) is 1. The van der Waals surface area contributed by atoms with E-state index in [0.29, 0.717) is 24.6 Å². The first kappa shape index (κ1) is 11.3. The van der Waals surface area contributed by atoms with Crippen molar-refractivity contribution < 1.29 is 9.32 Å². The lowest BCUT2D eigenvalue weighted by Gasteiger charge is -1.94. The summed E-state index contributed by atoms with van der Waals surface area (Å²) in [7, 11) is 1.60. The summed E-state index contributed by atoms with van der Waals surface area (Å²) < 4.78 is 5.05. The quantitative estimate of drug-likeness (QED) is 0.843. The number of nitrogens with zero attached hydrogens (tertiary/aromatic N) is 3. The van der Waals surface area contributed by atoms with Crippen molar-refractivity contribution in [1.82, 2.24) is 20.4 Å². The molecule has 0 radical (unpaired) electrons. The number of aromatic nitrogens is 3. The maximum absolute atomic E-state index is 11.1. The van der Waals surface area contributed by atoms with E-state index in [1.165, 1.54) is 0 Å². The lowest BCUT2D eigenvalue weighted by Crippen LogP contribution is -2.17. The zero-order chi connectivity index (χ0) is 12.1. The van der Waals surface area contributed by atoms with Gasteiger partial charge in [0.2, 0.25) is 17.6 Å². The smallest absolute Gasteiger partial charge is 0.227 e. The van der Waals surface area contributed by atoms with Crippen molar-refractivity contribution in [2.75, 3.05) is 7.05 Å². The molecule has 0 bridgehead atoms. The average molecular weight is 232 g/mol. The van der Waals surface area contributed by atoms with Crippen molar-refractivity contribution in [3.05, 3.63) is 30.4 Å². The van der Waals surface area contributed by atoms with Crippen molar-refractivity contribution in [3.8, 4) is 11.4 Å². The minimum atomic E-state index is -0.0475. The minimum absolute atomic E-state index is 0.0475. The van der Waals surface area contributed by atoms with Gasteiger partial charge in [0.15, 0.2) is 0 Å². The van der Waals surface area contributed by atoms with E-state index in [1.807, 2.05) is 0 Å². The normalized spacial score (nSPS) is 10.2. The molecule has 0 saturated carbocycles. The molecule has 2 rings (SSSR count). The highest BCUT2D eigenvalue weighted by atomic mass is 16.5. The third-order valence-electron chi connectivity index (χ3n) is 2.25. The minimum Gasteiger partial charge on any atom is -0.359 e. The van der Waals surface area contributed by atoms with Gasteiger partial charge in [-0.3, -0.25) is 9.78 Å². The van der Waals surface area contributed by atoms with Crippen LogP contribution < -0.4 is 5.32 Å². The highest BCUT2D eigenvalue weighted by Gasteiger charge is 2.09. The van der Waals surface area contributed by atoms with E-state index in [2.05, 4.69) is 20.4 Å². The second-order valence-corrected chi connectivity index (χ2v) is 3.42. The fourth-order valence-corrected chi connectivity index (χ4v) is 1.32. The van der Waals surface area contributed by atoms with Gasteiger partial charge in [0.1, 0.15) is 0 Å². The molecule has 0 aliphatic carbocycles. The summed E-state index contributed by atoms with van der Waals surface area (Å²) in [6.45, 7) is 0. The molecule has 0 atom stereocenters. The molecule has 0 aromatic carbocycles. The zero-order valence-electron chi connectivity index (χ0n) is 9.38. The Labute approximate surface area is 98.1 Å². The summed E-state index contributed by atoms with van der Waals surface area (Å²) in [6.07, 6.45) is 4.11. The number of nitrogens with one attached hydrogen (secondary N) is 1. The van der Waals surface area contributed by atoms with Gasteiger partial charge in [-0.2, -0.15) is 4.98 Å². The van der Waals surface area contributed by atoms with Crippen LogP contribution in [0.2, 0.25) is 0 Å². The van der Waals surface area contributed by atoms with Gasteiger partial charge in [-0.05, 0) is 12.1 Å². The number of carbonyl (C=O) groups excluding carboxylic acids is 1. The highest BCUT2D eigenvalue weighted by molar-refractivity contribution is 5.75. The van der Waals surface area contributed by atoms with Crippen molar-refractivity contribution in [3.63, 3.8) is 0 Å². The summed E-state index contributed by atoms with van der Waals surface area (Å²) in [5.74, 6) is 0.924. The van der Waals surface area contributed by atoms with Gasteiger partial charge in [-0.1, -0.05) is 5.16 Å². The molecule has 2 heterocycles. The maximum Gasteiger partial charge on any atom is 0.227 e. The monoisotopic (exact) mass is 232 g/mol. The summed E-state index contributed by atoms with van der Waals surface area (Å²) in [6, 6.07) is 3.60. The van der Waals surface area contributed by atoms with E-state index in [9.17, 15) is 4.79 Å². The van der Waals surface area contributed by atoms with Crippen molar-refractivity contribution in [1.29, 1.82) is 0 Å². The third-order valence-corrected chi connectivity index (χ3v) is 2.25. The van der Waals surface area contributed by atoms with Gasteiger partial charge in [0.25, 0.3) is 0 Å². The average Bonchev–Trinajstić information content (AvgIpc) is 2.86. The molecule has 17 heavy (non-hydrogen) atoms. The van der Waals surface area contributed by atoms with Crippen LogP contribution >= 0.6 is 0 Å². The standard InChI is InChI=1S/C11H12N4O2/c1-12-9(16)2-3-10-14-11(15-17-10)8-4-6-13-7-5-8/h4-7H,2-3H2,1H3,(H,12,16). The number of pyridine rings is 1. The first-order valence-electron chi connectivity index (χ1n) is 5.23. The van der Waals surface area contributed by atoms with Gasteiger partial charge in [0.05, 0.1) is 0 Å². The topological polar surface area (TPSA) is 80.9 Å². The molecule has 2 aromatic heterocycles. The van der Waals surface area contributed by atoms with Gasteiger partial charge in [-0.25, -0.2) is 0 Å². The fourth-order valence-electron chi connectivity index (χ4n) is 1.32. The molecule has 1 amide bonds. The Hall–Kier alpha value is -2.24. The van der Waals surface area contributed by atoms with Gasteiger partial charge < -0.3 is 9.84 Å². The number of carbonyl (C=O) groups is 1. The molecule has 0 unspecified atom stereocenters. The van der Waals surface area contributed by atoms with E-state index < -0.39 is 0 Å². The Morgan fingerprint density at radius 3 is 2.88 bits per heavy atom. The zero-order valence-corrected chi connectivity index (χ0v) is 9.38. The molecule has 88 valence electrons. The lowest BCUT2D eigenvalue weighted by atomic mass is 10.2. The van der Waals surface area contributed by atoms with E-state index >= 15 is 0 Å². The van der Waals surface area contributed by atoms with E-state index in [0.717, 1.165) is 5.56 Å². The number of aryl methyl sites for hydroxylation is 1. The van der Waals surface area contributed by atoms with Crippen LogP contribution in [0.5, 0.6) is 0 Å². The van der Waals surface area contributed by atoms with Crippen LogP contribution in [0.15, 0.2) is 29.0 Å². The number of amides is 1. The maximum atomic E-state index is 11.1. The van der Waals surface area contributed by atoms with Crippen LogP contribution in [-0.2, 0) is 11.2 Å². The Morgan fingerprint density at radius 2 is 2.18 bits per heavy atom. The molecule has 2 aromatic rings. The van der Waals surface area contributed by atoms with Crippen LogP contribution in [0.1, 0.15) is 12.3 Å². The van der Waals surface area contributed by atoms with Crippen molar-refractivity contribution in [2.45, 2.75) is 12.8 Å². The molecular formula is C11H12N4O2. The second kappa shape index (κ2) is 5.20. The molecule has 0 aliphatic heterocycles. The lowest BCUT2D eigenvalue weighted by molar-refractivity contribution is -0.120.